The molecule has 0 bridgehead atoms. The second kappa shape index (κ2) is 9.98. The first-order valence-electron chi connectivity index (χ1n) is 11.4. The predicted octanol–water partition coefficient (Wildman–Crippen LogP) is 6.62. The van der Waals surface area contributed by atoms with Gasteiger partial charge in [0.15, 0.2) is 17.6 Å². The maximum absolute atomic E-state index is 13.1. The number of carbonyl (C=O) groups is 1. The molecule has 6 heteroatoms. The van der Waals surface area contributed by atoms with Gasteiger partial charge in [-0.1, -0.05) is 62.7 Å². The van der Waals surface area contributed by atoms with Crippen LogP contribution in [-0.4, -0.2) is 32.3 Å². The zero-order valence-corrected chi connectivity index (χ0v) is 20.8. The summed E-state index contributed by atoms with van der Waals surface area (Å²) in [7, 11) is 1.60. The zero-order chi connectivity index (χ0) is 24.3. The highest BCUT2D eigenvalue weighted by Gasteiger charge is 2.35. The number of hydrogen-bond donors (Lipinski definition) is 0. The molecule has 0 aromatic heterocycles. The molecule has 1 fully saturated rings. The highest BCUT2D eigenvalue weighted by Crippen LogP contribution is 2.36. The van der Waals surface area contributed by atoms with E-state index in [9.17, 15) is 4.79 Å². The number of halogens is 1. The molecule has 0 spiro atoms. The molecule has 1 atom stereocenters. The summed E-state index contributed by atoms with van der Waals surface area (Å²) in [6.07, 6.45) is 0.0167. The van der Waals surface area contributed by atoms with Crippen LogP contribution in [0, 0.1) is 5.41 Å². The lowest BCUT2D eigenvalue weighted by Gasteiger charge is -2.22. The van der Waals surface area contributed by atoms with Gasteiger partial charge < -0.3 is 19.1 Å². The molecule has 3 aromatic rings. The van der Waals surface area contributed by atoms with Crippen LogP contribution in [0.4, 0.5) is 5.69 Å². The summed E-state index contributed by atoms with van der Waals surface area (Å²) in [5.41, 5.74) is 2.75. The summed E-state index contributed by atoms with van der Waals surface area (Å²) in [5.74, 6) is 1.75. The number of ether oxygens (including phenoxy) is 3. The average Bonchev–Trinajstić information content (AvgIpc) is 3.17. The molecule has 0 radical (unpaired) electrons. The fraction of sp³-hybridized carbons (Fsp3) is 0.321. The van der Waals surface area contributed by atoms with Crippen LogP contribution in [-0.2, 0) is 4.79 Å². The van der Waals surface area contributed by atoms with Crippen molar-refractivity contribution in [2.75, 3.05) is 25.2 Å². The van der Waals surface area contributed by atoms with Gasteiger partial charge in [0.05, 0.1) is 18.7 Å². The van der Waals surface area contributed by atoms with Gasteiger partial charge in [-0.2, -0.15) is 0 Å². The minimum absolute atomic E-state index is 0.0291. The molecule has 34 heavy (non-hydrogen) atoms. The van der Waals surface area contributed by atoms with Crippen LogP contribution < -0.4 is 19.1 Å². The normalized spacial score (nSPS) is 16.0. The zero-order valence-electron chi connectivity index (χ0n) is 20.0. The summed E-state index contributed by atoms with van der Waals surface area (Å²) in [5, 5.41) is 0.585. The van der Waals surface area contributed by atoms with Gasteiger partial charge >= 0.3 is 0 Å². The summed E-state index contributed by atoms with van der Waals surface area (Å²) in [6, 6.07) is 21.0. The Bertz CT molecular complexity index is 1160. The molecule has 0 aliphatic carbocycles. The Kier molecular flexibility index (Phi) is 7.03. The topological polar surface area (TPSA) is 48.0 Å². The van der Waals surface area contributed by atoms with Crippen molar-refractivity contribution in [3.63, 3.8) is 0 Å². The molecular weight excluding hydrogens is 450 g/mol. The third-order valence-electron chi connectivity index (χ3n) is 5.58. The van der Waals surface area contributed by atoms with Crippen LogP contribution in [0.15, 0.2) is 66.7 Å². The Labute approximate surface area is 206 Å². The molecule has 4 rings (SSSR count). The second-order valence-electron chi connectivity index (χ2n) is 9.58. The van der Waals surface area contributed by atoms with E-state index in [-0.39, 0.29) is 11.3 Å². The average molecular weight is 480 g/mol. The Morgan fingerprint density at radius 2 is 1.76 bits per heavy atom. The number of nitrogens with zero attached hydrogens (tertiary/aromatic N) is 1. The summed E-state index contributed by atoms with van der Waals surface area (Å²) in [4.78, 5) is 14.8. The van der Waals surface area contributed by atoms with Crippen LogP contribution in [0.5, 0.6) is 17.2 Å². The Morgan fingerprint density at radius 3 is 2.44 bits per heavy atom. The number of rotatable bonds is 7. The van der Waals surface area contributed by atoms with Crippen molar-refractivity contribution in [2.45, 2.75) is 33.3 Å². The molecule has 1 saturated heterocycles. The van der Waals surface area contributed by atoms with Crippen LogP contribution in [0.3, 0.4) is 0 Å². The highest BCUT2D eigenvalue weighted by molar-refractivity contribution is 6.33. The molecule has 178 valence electrons. The van der Waals surface area contributed by atoms with Gasteiger partial charge in [-0.3, -0.25) is 4.79 Å². The Morgan fingerprint density at radius 1 is 1.00 bits per heavy atom. The van der Waals surface area contributed by atoms with E-state index in [2.05, 4.69) is 20.8 Å². The van der Waals surface area contributed by atoms with Crippen LogP contribution >= 0.6 is 11.6 Å². The minimum atomic E-state index is -0.568. The van der Waals surface area contributed by atoms with E-state index in [1.54, 1.807) is 18.1 Å². The number of hydrogen-bond acceptors (Lipinski definition) is 4. The monoisotopic (exact) mass is 479 g/mol. The predicted molar refractivity (Wildman–Crippen MR) is 136 cm³/mol. The van der Waals surface area contributed by atoms with Crippen molar-refractivity contribution in [3.8, 4) is 28.4 Å². The number of anilines is 1. The lowest BCUT2D eigenvalue weighted by Crippen LogP contribution is -2.32. The van der Waals surface area contributed by atoms with Crippen molar-refractivity contribution < 1.29 is 19.0 Å². The molecule has 5 nitrogen and oxygen atoms in total. The molecule has 0 saturated carbocycles. The van der Waals surface area contributed by atoms with E-state index in [1.807, 2.05) is 60.7 Å². The SMILES string of the molecule is COc1cc(N2CCC(Oc3ccc(-c4ccccc4)c(Cl)c3)C2=O)ccc1OCC(C)(C)C. The number of methoxy groups -OCH3 is 1. The molecule has 1 amide bonds. The van der Waals surface area contributed by atoms with E-state index in [0.717, 1.165) is 16.8 Å². The standard InChI is InChI=1S/C28H30ClNO4/c1-28(2,3)18-33-24-13-10-20(16-26(24)32-4)30-15-14-25(27(30)31)34-21-11-12-22(23(29)17-21)19-8-6-5-7-9-19/h5-13,16-17,25H,14-15,18H2,1-4H3. The van der Waals surface area contributed by atoms with E-state index >= 15 is 0 Å². The van der Waals surface area contributed by atoms with Gasteiger partial charge in [-0.25, -0.2) is 0 Å². The summed E-state index contributed by atoms with van der Waals surface area (Å²) in [6.45, 7) is 7.45. The molecule has 3 aromatic carbocycles. The maximum Gasteiger partial charge on any atom is 0.268 e. The molecule has 1 aliphatic rings. The van der Waals surface area contributed by atoms with Crippen LogP contribution in [0.2, 0.25) is 5.02 Å². The van der Waals surface area contributed by atoms with E-state index < -0.39 is 6.10 Å². The quantitative estimate of drug-likeness (QED) is 0.382. The maximum atomic E-state index is 13.1. The highest BCUT2D eigenvalue weighted by atomic mass is 35.5. The van der Waals surface area contributed by atoms with Gasteiger partial charge in [0.1, 0.15) is 5.75 Å². The van der Waals surface area contributed by atoms with Gasteiger partial charge in [0.2, 0.25) is 0 Å². The molecule has 1 heterocycles. The van der Waals surface area contributed by atoms with E-state index in [0.29, 0.717) is 41.8 Å². The van der Waals surface area contributed by atoms with Crippen molar-refractivity contribution >= 4 is 23.2 Å². The Balaban J connectivity index is 1.45. The van der Waals surface area contributed by atoms with Crippen molar-refractivity contribution in [3.05, 3.63) is 71.8 Å². The van der Waals surface area contributed by atoms with E-state index in [4.69, 9.17) is 25.8 Å². The summed E-state index contributed by atoms with van der Waals surface area (Å²) >= 11 is 6.51. The van der Waals surface area contributed by atoms with Crippen molar-refractivity contribution in [2.24, 2.45) is 5.41 Å². The first-order chi connectivity index (χ1) is 16.2. The third-order valence-corrected chi connectivity index (χ3v) is 5.89. The largest absolute Gasteiger partial charge is 0.493 e. The molecule has 1 unspecified atom stereocenters. The number of carbonyl (C=O) groups excluding carboxylic acids is 1. The number of amides is 1. The third kappa shape index (κ3) is 5.48. The molecule has 0 N–H and O–H groups in total. The smallest absolute Gasteiger partial charge is 0.268 e. The molecule has 1 aliphatic heterocycles. The summed E-state index contributed by atoms with van der Waals surface area (Å²) < 4.78 is 17.5. The Hall–Kier alpha value is -3.18. The van der Waals surface area contributed by atoms with Crippen LogP contribution in [0.25, 0.3) is 11.1 Å². The van der Waals surface area contributed by atoms with Crippen molar-refractivity contribution in [1.29, 1.82) is 0 Å². The first kappa shape index (κ1) is 24.0. The lowest BCUT2D eigenvalue weighted by molar-refractivity contribution is -0.122. The van der Waals surface area contributed by atoms with Crippen molar-refractivity contribution in [1.82, 2.24) is 0 Å². The molecular formula is C28H30ClNO4. The second-order valence-corrected chi connectivity index (χ2v) is 9.98. The van der Waals surface area contributed by atoms with Gasteiger partial charge in [0, 0.05) is 30.3 Å². The van der Waals surface area contributed by atoms with Crippen LogP contribution in [0.1, 0.15) is 27.2 Å². The lowest BCUT2D eigenvalue weighted by atomic mass is 9.99. The fourth-order valence-electron chi connectivity index (χ4n) is 3.84. The van der Waals surface area contributed by atoms with E-state index in [1.165, 1.54) is 0 Å². The van der Waals surface area contributed by atoms with Gasteiger partial charge in [-0.15, -0.1) is 0 Å². The number of benzene rings is 3. The minimum Gasteiger partial charge on any atom is -0.493 e. The fourth-order valence-corrected chi connectivity index (χ4v) is 4.12. The first-order valence-corrected chi connectivity index (χ1v) is 11.8. The van der Waals surface area contributed by atoms with Gasteiger partial charge in [0.25, 0.3) is 5.91 Å². The van der Waals surface area contributed by atoms with Gasteiger partial charge in [-0.05, 0) is 41.3 Å².